The second-order valence-corrected chi connectivity index (χ2v) is 9.75. The molecular formula is C28H25NO5S. The summed E-state index contributed by atoms with van der Waals surface area (Å²) in [6, 6.07) is 25.6. The van der Waals surface area contributed by atoms with E-state index in [1.54, 1.807) is 30.2 Å². The quantitative estimate of drug-likeness (QED) is 0.310. The van der Waals surface area contributed by atoms with Crippen molar-refractivity contribution in [2.75, 3.05) is 12.0 Å². The molecular weight excluding hydrogens is 462 g/mol. The summed E-state index contributed by atoms with van der Waals surface area (Å²) in [7, 11) is 0.119. The number of anilines is 1. The van der Waals surface area contributed by atoms with Crippen LogP contribution in [0.1, 0.15) is 22.9 Å². The highest BCUT2D eigenvalue weighted by atomic mass is 32.2. The highest BCUT2D eigenvalue weighted by Crippen LogP contribution is 2.44. The van der Waals surface area contributed by atoms with Crippen LogP contribution in [0.15, 0.2) is 105 Å². The summed E-state index contributed by atoms with van der Waals surface area (Å²) < 4.78 is 30.7. The average molecular weight is 488 g/mol. The van der Waals surface area contributed by atoms with E-state index < -0.39 is 22.9 Å². The summed E-state index contributed by atoms with van der Waals surface area (Å²) in [6.07, 6.45) is 0.747. The molecule has 0 saturated carbocycles. The van der Waals surface area contributed by atoms with Crippen LogP contribution in [0.25, 0.3) is 0 Å². The Labute approximate surface area is 206 Å². The van der Waals surface area contributed by atoms with E-state index in [2.05, 4.69) is 0 Å². The Morgan fingerprint density at radius 3 is 2.34 bits per heavy atom. The van der Waals surface area contributed by atoms with Gasteiger partial charge in [-0.25, -0.2) is 4.21 Å². The Bertz CT molecular complexity index is 1330. The number of benzene rings is 3. The van der Waals surface area contributed by atoms with Gasteiger partial charge in [0.05, 0.1) is 35.7 Å². The molecule has 5 rings (SSSR count). The van der Waals surface area contributed by atoms with Crippen molar-refractivity contribution >= 4 is 22.4 Å². The third kappa shape index (κ3) is 4.52. The lowest BCUT2D eigenvalue weighted by Gasteiger charge is -2.45. The van der Waals surface area contributed by atoms with Gasteiger partial charge in [0.25, 0.3) is 5.91 Å². The lowest BCUT2D eigenvalue weighted by molar-refractivity contribution is -0.144. The second kappa shape index (κ2) is 9.90. The van der Waals surface area contributed by atoms with Crippen LogP contribution in [-0.4, -0.2) is 23.3 Å². The third-order valence-electron chi connectivity index (χ3n) is 6.03. The molecule has 1 fully saturated rings. The van der Waals surface area contributed by atoms with Crippen molar-refractivity contribution in [2.24, 2.45) is 0 Å². The number of carbonyl (C=O) groups is 1. The van der Waals surface area contributed by atoms with E-state index in [1.165, 1.54) is 6.26 Å². The van der Waals surface area contributed by atoms with Gasteiger partial charge in [0.15, 0.2) is 6.10 Å². The highest BCUT2D eigenvalue weighted by Gasteiger charge is 2.53. The van der Waals surface area contributed by atoms with Crippen LogP contribution in [0.3, 0.4) is 0 Å². The van der Waals surface area contributed by atoms with Gasteiger partial charge in [0.2, 0.25) is 0 Å². The van der Waals surface area contributed by atoms with Crippen molar-refractivity contribution in [3.05, 3.63) is 108 Å². The Morgan fingerprint density at radius 1 is 0.943 bits per heavy atom. The third-order valence-corrected chi connectivity index (χ3v) is 7.47. The van der Waals surface area contributed by atoms with Gasteiger partial charge in [0.1, 0.15) is 17.6 Å². The minimum absolute atomic E-state index is 0.181. The number of ether oxygens (including phenoxy) is 2. The highest BCUT2D eigenvalue weighted by molar-refractivity contribution is 7.85. The van der Waals surface area contributed by atoms with E-state index in [-0.39, 0.29) is 12.5 Å². The molecule has 1 saturated heterocycles. The fourth-order valence-electron chi connectivity index (χ4n) is 4.14. The van der Waals surface area contributed by atoms with Crippen molar-refractivity contribution in [3.8, 4) is 5.75 Å². The number of carbonyl (C=O) groups excluding carboxylic acids is 1. The first-order valence-electron chi connectivity index (χ1n) is 11.3. The topological polar surface area (TPSA) is 69.0 Å². The summed E-state index contributed by atoms with van der Waals surface area (Å²) in [5.74, 6) is 0.964. The normalized spacial score (nSPS) is 18.2. The number of amides is 1. The van der Waals surface area contributed by atoms with Crippen LogP contribution in [-0.2, 0) is 26.9 Å². The van der Waals surface area contributed by atoms with E-state index in [4.69, 9.17) is 13.9 Å². The van der Waals surface area contributed by atoms with E-state index in [0.717, 1.165) is 11.1 Å². The van der Waals surface area contributed by atoms with E-state index in [1.807, 2.05) is 73.7 Å². The number of furan rings is 1. The van der Waals surface area contributed by atoms with Gasteiger partial charge < -0.3 is 13.9 Å². The van der Waals surface area contributed by atoms with E-state index in [9.17, 15) is 9.00 Å². The molecule has 3 aromatic carbocycles. The predicted octanol–water partition coefficient (Wildman–Crippen LogP) is 5.44. The zero-order valence-corrected chi connectivity index (χ0v) is 20.2. The molecule has 0 bridgehead atoms. The maximum atomic E-state index is 13.5. The van der Waals surface area contributed by atoms with Crippen LogP contribution in [0, 0.1) is 6.92 Å². The molecule has 1 unspecified atom stereocenters. The Balaban J connectivity index is 1.48. The van der Waals surface area contributed by atoms with Crippen LogP contribution >= 0.6 is 0 Å². The number of aryl methyl sites for hydroxylation is 1. The summed E-state index contributed by atoms with van der Waals surface area (Å²) in [4.78, 5) is 16.1. The number of β-lactam (4-membered cyclic amide) rings is 1. The molecule has 6 nitrogen and oxygen atoms in total. The zero-order valence-electron chi connectivity index (χ0n) is 19.4. The van der Waals surface area contributed by atoms with Gasteiger partial charge in [-0.15, -0.1) is 0 Å². The monoisotopic (exact) mass is 487 g/mol. The lowest BCUT2D eigenvalue weighted by atomic mass is 9.94. The largest absolute Gasteiger partial charge is 0.497 e. The fourth-order valence-corrected chi connectivity index (χ4v) is 5.31. The molecule has 0 N–H and O–H groups in total. The molecule has 1 aliphatic rings. The molecule has 3 atom stereocenters. The van der Waals surface area contributed by atoms with Crippen molar-refractivity contribution < 1.29 is 22.9 Å². The maximum Gasteiger partial charge on any atom is 0.259 e. The zero-order chi connectivity index (χ0) is 24.4. The minimum atomic E-state index is -1.47. The molecule has 1 amide bonds. The molecule has 0 aliphatic carbocycles. The molecule has 178 valence electrons. The first kappa shape index (κ1) is 23.1. The van der Waals surface area contributed by atoms with Gasteiger partial charge in [-0.1, -0.05) is 48.0 Å². The summed E-state index contributed by atoms with van der Waals surface area (Å²) in [6.45, 7) is 2.26. The van der Waals surface area contributed by atoms with Crippen molar-refractivity contribution in [1.29, 1.82) is 0 Å². The summed E-state index contributed by atoms with van der Waals surface area (Å²) in [5.41, 5.74) is 2.73. The minimum Gasteiger partial charge on any atom is -0.497 e. The number of methoxy groups -OCH3 is 1. The molecule has 1 aromatic heterocycles. The average Bonchev–Trinajstić information content (AvgIpc) is 3.37. The molecule has 1 aliphatic heterocycles. The van der Waals surface area contributed by atoms with Crippen LogP contribution in [0.4, 0.5) is 5.69 Å². The molecule has 35 heavy (non-hydrogen) atoms. The summed E-state index contributed by atoms with van der Waals surface area (Å²) in [5, 5.41) is 0. The number of nitrogens with zero attached hydrogens (tertiary/aromatic N) is 1. The van der Waals surface area contributed by atoms with Gasteiger partial charge >= 0.3 is 0 Å². The van der Waals surface area contributed by atoms with Gasteiger partial charge in [-0.05, 0) is 55.0 Å². The molecule has 0 radical (unpaired) electrons. The first-order valence-corrected chi connectivity index (χ1v) is 12.4. The fraction of sp³-hybridized carbons (Fsp3) is 0.179. The molecule has 2 heterocycles. The van der Waals surface area contributed by atoms with Gasteiger partial charge in [-0.3, -0.25) is 9.69 Å². The SMILES string of the molecule is COc1ccc(N2C(=O)[C@H](OCc3ccccc3)[C@H]2c2occc2S(=O)c2ccc(C)cc2)cc1. The van der Waals surface area contributed by atoms with E-state index >= 15 is 0 Å². The maximum absolute atomic E-state index is 13.5. The Hall–Kier alpha value is -3.68. The van der Waals surface area contributed by atoms with Gasteiger partial charge in [0, 0.05) is 10.6 Å². The Morgan fingerprint density at radius 2 is 1.66 bits per heavy atom. The Kier molecular flexibility index (Phi) is 6.53. The molecule has 7 heteroatoms. The number of hydrogen-bond donors (Lipinski definition) is 0. The van der Waals surface area contributed by atoms with Crippen molar-refractivity contribution in [3.63, 3.8) is 0 Å². The first-order chi connectivity index (χ1) is 17.1. The van der Waals surface area contributed by atoms with Crippen molar-refractivity contribution in [1.82, 2.24) is 0 Å². The molecule has 0 spiro atoms. The van der Waals surface area contributed by atoms with E-state index in [0.29, 0.717) is 27.0 Å². The second-order valence-electron chi connectivity index (χ2n) is 8.30. The van der Waals surface area contributed by atoms with Crippen LogP contribution < -0.4 is 9.64 Å². The predicted molar refractivity (Wildman–Crippen MR) is 133 cm³/mol. The number of rotatable bonds is 8. The van der Waals surface area contributed by atoms with Gasteiger partial charge in [-0.2, -0.15) is 0 Å². The van der Waals surface area contributed by atoms with Crippen molar-refractivity contribution in [2.45, 2.75) is 35.5 Å². The lowest BCUT2D eigenvalue weighted by Crippen LogP contribution is -2.60. The number of hydrogen-bond acceptors (Lipinski definition) is 5. The standard InChI is InChI=1S/C28H25NO5S/c1-19-8-14-23(15-9-19)35(31)24-16-17-33-26(24)25-27(34-18-20-6-4-3-5-7-20)28(30)29(25)21-10-12-22(32-2)13-11-21/h3-17,25,27H,18H2,1-2H3/t25-,27-,35?/m1/s1. The smallest absolute Gasteiger partial charge is 0.259 e. The molecule has 4 aromatic rings. The summed E-state index contributed by atoms with van der Waals surface area (Å²) >= 11 is 0. The van der Waals surface area contributed by atoms with Crippen LogP contribution in [0.5, 0.6) is 5.75 Å². The van der Waals surface area contributed by atoms with Crippen LogP contribution in [0.2, 0.25) is 0 Å².